The van der Waals surface area contributed by atoms with Crippen molar-refractivity contribution in [2.75, 3.05) is 7.05 Å². The van der Waals surface area contributed by atoms with Crippen LogP contribution in [0.25, 0.3) is 0 Å². The zero-order valence-electron chi connectivity index (χ0n) is 12.6. The molecule has 2 rings (SSSR count). The highest BCUT2D eigenvalue weighted by atomic mass is 16.4. The number of amides is 1. The summed E-state index contributed by atoms with van der Waals surface area (Å²) in [4.78, 5) is 14.8. The molecular formula is C14H26N4O2. The van der Waals surface area contributed by atoms with Crippen LogP contribution in [0.4, 0.5) is 0 Å². The van der Waals surface area contributed by atoms with Gasteiger partial charge in [0.15, 0.2) is 5.84 Å². The molecule has 20 heavy (non-hydrogen) atoms. The fraction of sp³-hybridized carbons (Fsp3) is 0.857. The number of nitrogens with one attached hydrogen (secondary N) is 1. The van der Waals surface area contributed by atoms with Gasteiger partial charge in [-0.2, -0.15) is 0 Å². The topological polar surface area (TPSA) is 91.0 Å². The third-order valence-corrected chi connectivity index (χ3v) is 4.99. The predicted molar refractivity (Wildman–Crippen MR) is 77.5 cm³/mol. The Kier molecular flexibility index (Phi) is 4.22. The minimum Gasteiger partial charge on any atom is -0.409 e. The van der Waals surface area contributed by atoms with Crippen LogP contribution in [0.5, 0.6) is 0 Å². The Morgan fingerprint density at radius 1 is 1.35 bits per heavy atom. The number of carbonyl (C=O) groups excluding carboxylic acids is 1. The van der Waals surface area contributed by atoms with Gasteiger partial charge in [-0.1, -0.05) is 11.6 Å². The molecule has 2 aliphatic rings. The number of amidine groups is 1. The second-order valence-electron chi connectivity index (χ2n) is 6.66. The van der Waals surface area contributed by atoms with Crippen LogP contribution in [0, 0.1) is 5.41 Å². The molecule has 0 aromatic carbocycles. The molecule has 6 heteroatoms. The quantitative estimate of drug-likeness (QED) is 0.310. The average molecular weight is 282 g/mol. The van der Waals surface area contributed by atoms with Gasteiger partial charge in [-0.25, -0.2) is 0 Å². The van der Waals surface area contributed by atoms with Gasteiger partial charge in [0.1, 0.15) is 5.41 Å². The zero-order chi connectivity index (χ0) is 14.9. The van der Waals surface area contributed by atoms with E-state index in [9.17, 15) is 4.79 Å². The average Bonchev–Trinajstić information content (AvgIpc) is 2.38. The first-order valence-corrected chi connectivity index (χ1v) is 7.37. The first-order chi connectivity index (χ1) is 9.36. The molecule has 2 fully saturated rings. The summed E-state index contributed by atoms with van der Waals surface area (Å²) in [7, 11) is 2.19. The molecular weight excluding hydrogens is 256 g/mol. The number of nitrogens with zero attached hydrogens (tertiary/aromatic N) is 2. The highest BCUT2D eigenvalue weighted by Gasteiger charge is 2.39. The molecule has 2 heterocycles. The van der Waals surface area contributed by atoms with Gasteiger partial charge in [-0.05, 0) is 46.6 Å². The lowest BCUT2D eigenvalue weighted by Crippen LogP contribution is -2.57. The van der Waals surface area contributed by atoms with E-state index in [1.54, 1.807) is 13.8 Å². The van der Waals surface area contributed by atoms with Crippen molar-refractivity contribution in [3.8, 4) is 0 Å². The van der Waals surface area contributed by atoms with E-state index in [0.717, 1.165) is 12.8 Å². The lowest BCUT2D eigenvalue weighted by molar-refractivity contribution is -0.127. The molecule has 0 radical (unpaired) electrons. The van der Waals surface area contributed by atoms with E-state index in [1.807, 2.05) is 0 Å². The monoisotopic (exact) mass is 282 g/mol. The Morgan fingerprint density at radius 3 is 2.40 bits per heavy atom. The fourth-order valence-electron chi connectivity index (χ4n) is 3.34. The third kappa shape index (κ3) is 2.75. The molecule has 2 unspecified atom stereocenters. The summed E-state index contributed by atoms with van der Waals surface area (Å²) in [6.45, 7) is 3.35. The van der Waals surface area contributed by atoms with Crippen LogP contribution in [0.1, 0.15) is 46.0 Å². The van der Waals surface area contributed by atoms with Gasteiger partial charge in [0.25, 0.3) is 0 Å². The highest BCUT2D eigenvalue weighted by Crippen LogP contribution is 2.33. The van der Waals surface area contributed by atoms with E-state index < -0.39 is 5.41 Å². The highest BCUT2D eigenvalue weighted by molar-refractivity contribution is 6.05. The molecule has 4 N–H and O–H groups in total. The van der Waals surface area contributed by atoms with Crippen LogP contribution in [-0.2, 0) is 4.79 Å². The number of piperidine rings is 2. The smallest absolute Gasteiger partial charge is 0.233 e. The van der Waals surface area contributed by atoms with Crippen molar-refractivity contribution in [3.63, 3.8) is 0 Å². The number of hydrogen-bond donors (Lipinski definition) is 3. The first kappa shape index (κ1) is 15.1. The fourth-order valence-corrected chi connectivity index (χ4v) is 3.34. The molecule has 2 bridgehead atoms. The van der Waals surface area contributed by atoms with Crippen LogP contribution in [0.3, 0.4) is 0 Å². The molecule has 1 amide bonds. The first-order valence-electron chi connectivity index (χ1n) is 7.37. The maximum Gasteiger partial charge on any atom is 0.233 e. The molecule has 2 aliphatic heterocycles. The molecule has 114 valence electrons. The Bertz CT molecular complexity index is 394. The van der Waals surface area contributed by atoms with Crippen molar-refractivity contribution in [3.05, 3.63) is 0 Å². The predicted octanol–water partition coefficient (Wildman–Crippen LogP) is 0.891. The van der Waals surface area contributed by atoms with Gasteiger partial charge in [-0.3, -0.25) is 4.79 Å². The second-order valence-corrected chi connectivity index (χ2v) is 6.66. The van der Waals surface area contributed by atoms with Gasteiger partial charge in [-0.15, -0.1) is 0 Å². The molecule has 0 aromatic rings. The molecule has 2 atom stereocenters. The Balaban J connectivity index is 1.99. The van der Waals surface area contributed by atoms with E-state index >= 15 is 0 Å². The molecule has 0 spiro atoms. The zero-order valence-corrected chi connectivity index (χ0v) is 12.6. The lowest BCUT2D eigenvalue weighted by Gasteiger charge is -2.47. The summed E-state index contributed by atoms with van der Waals surface area (Å²) in [5, 5.41) is 14.8. The third-order valence-electron chi connectivity index (χ3n) is 4.99. The summed E-state index contributed by atoms with van der Waals surface area (Å²) >= 11 is 0. The van der Waals surface area contributed by atoms with Crippen LogP contribution >= 0.6 is 0 Å². The minimum atomic E-state index is -0.979. The van der Waals surface area contributed by atoms with Crippen LogP contribution in [-0.4, -0.2) is 47.0 Å². The Hall–Kier alpha value is -1.30. The van der Waals surface area contributed by atoms with E-state index in [4.69, 9.17) is 10.9 Å². The minimum absolute atomic E-state index is 0.0527. The van der Waals surface area contributed by atoms with Crippen molar-refractivity contribution in [2.45, 2.75) is 64.1 Å². The van der Waals surface area contributed by atoms with Crippen molar-refractivity contribution in [2.24, 2.45) is 16.3 Å². The van der Waals surface area contributed by atoms with Crippen molar-refractivity contribution in [1.82, 2.24) is 10.2 Å². The normalized spacial score (nSPS) is 31.9. The largest absolute Gasteiger partial charge is 0.409 e. The SMILES string of the molecule is CN1C2CCCC1CC(NC(=O)C(C)(C)C(N)=NO)C2. The summed E-state index contributed by atoms with van der Waals surface area (Å²) < 4.78 is 0. The standard InChI is InChI=1S/C14H26N4O2/c1-14(2,12(15)17-20)13(19)16-9-7-10-5-4-6-11(8-9)18(10)3/h9-11,20H,4-8H2,1-3H3,(H2,15,17)(H,16,19). The summed E-state index contributed by atoms with van der Waals surface area (Å²) in [5.74, 6) is -0.219. The molecule has 0 aromatic heterocycles. The van der Waals surface area contributed by atoms with Crippen molar-refractivity contribution in [1.29, 1.82) is 0 Å². The number of carbonyl (C=O) groups is 1. The Labute approximate surface area is 120 Å². The van der Waals surface area contributed by atoms with Gasteiger partial charge in [0.2, 0.25) is 5.91 Å². The summed E-state index contributed by atoms with van der Waals surface area (Å²) in [6, 6.07) is 1.33. The van der Waals surface area contributed by atoms with Gasteiger partial charge >= 0.3 is 0 Å². The van der Waals surface area contributed by atoms with Crippen LogP contribution in [0.15, 0.2) is 5.16 Å². The maximum absolute atomic E-state index is 12.3. The summed E-state index contributed by atoms with van der Waals surface area (Å²) in [5.41, 5.74) is 4.62. The lowest BCUT2D eigenvalue weighted by atomic mass is 9.81. The molecule has 0 saturated carbocycles. The number of hydrogen-bond acceptors (Lipinski definition) is 4. The van der Waals surface area contributed by atoms with E-state index in [2.05, 4.69) is 22.4 Å². The molecule has 2 saturated heterocycles. The summed E-state index contributed by atoms with van der Waals surface area (Å²) in [6.07, 6.45) is 5.69. The Morgan fingerprint density at radius 2 is 1.90 bits per heavy atom. The van der Waals surface area contributed by atoms with Gasteiger partial charge < -0.3 is 21.2 Å². The van der Waals surface area contributed by atoms with Crippen LogP contribution in [0.2, 0.25) is 0 Å². The molecule has 0 aliphatic carbocycles. The maximum atomic E-state index is 12.3. The molecule has 6 nitrogen and oxygen atoms in total. The van der Waals surface area contributed by atoms with Crippen LogP contribution < -0.4 is 11.1 Å². The number of fused-ring (bicyclic) bond motifs is 2. The van der Waals surface area contributed by atoms with E-state index in [-0.39, 0.29) is 17.8 Å². The van der Waals surface area contributed by atoms with Gasteiger partial charge in [0, 0.05) is 18.1 Å². The van der Waals surface area contributed by atoms with E-state index in [1.165, 1.54) is 19.3 Å². The van der Waals surface area contributed by atoms with Crippen molar-refractivity contribution >= 4 is 11.7 Å². The van der Waals surface area contributed by atoms with Crippen molar-refractivity contribution < 1.29 is 10.0 Å². The van der Waals surface area contributed by atoms with Gasteiger partial charge in [0.05, 0.1) is 0 Å². The number of oxime groups is 1. The number of nitrogens with two attached hydrogens (primary N) is 1. The number of rotatable bonds is 3. The van der Waals surface area contributed by atoms with E-state index in [0.29, 0.717) is 12.1 Å². The second kappa shape index (κ2) is 5.60.